The molecule has 1 unspecified atom stereocenters. The maximum atomic E-state index is 12.6. The Labute approximate surface area is 155 Å². The van der Waals surface area contributed by atoms with Crippen LogP contribution < -0.4 is 4.90 Å². The van der Waals surface area contributed by atoms with Gasteiger partial charge in [0.1, 0.15) is 0 Å². The molecular formula is C22H27NO3. The molecule has 1 atom stereocenters. The molecular weight excluding hydrogens is 326 g/mol. The lowest BCUT2D eigenvalue weighted by Crippen LogP contribution is -2.38. The van der Waals surface area contributed by atoms with Gasteiger partial charge in [-0.25, -0.2) is 0 Å². The summed E-state index contributed by atoms with van der Waals surface area (Å²) in [6.45, 7) is 7.00. The third-order valence-electron chi connectivity index (χ3n) is 5.08. The Bertz CT molecular complexity index is 733. The highest BCUT2D eigenvalue weighted by molar-refractivity contribution is 5.88. The Morgan fingerprint density at radius 2 is 1.69 bits per heavy atom. The second kappa shape index (κ2) is 8.02. The Balaban J connectivity index is 1.86. The van der Waals surface area contributed by atoms with Crippen LogP contribution in [-0.4, -0.2) is 37.2 Å². The second-order valence-corrected chi connectivity index (χ2v) is 6.95. The van der Waals surface area contributed by atoms with Gasteiger partial charge in [-0.05, 0) is 30.2 Å². The molecule has 0 aliphatic carbocycles. The number of rotatable bonds is 6. The van der Waals surface area contributed by atoms with E-state index in [1.54, 1.807) is 6.92 Å². The van der Waals surface area contributed by atoms with Crippen molar-refractivity contribution >= 4 is 11.5 Å². The molecule has 0 aromatic heterocycles. The lowest BCUT2D eigenvalue weighted by Gasteiger charge is -2.31. The van der Waals surface area contributed by atoms with Crippen LogP contribution in [0.4, 0.5) is 5.69 Å². The Morgan fingerprint density at radius 3 is 2.27 bits per heavy atom. The highest BCUT2D eigenvalue weighted by atomic mass is 16.5. The molecule has 0 amide bonds. The van der Waals surface area contributed by atoms with E-state index < -0.39 is 5.60 Å². The van der Waals surface area contributed by atoms with Gasteiger partial charge in [0.05, 0.1) is 13.2 Å². The SMILES string of the molecule is CCC(=O)C(O)(Cc1ccc(C)cc1)c1ccc(N2CCOCC2)cc1. The second-order valence-electron chi connectivity index (χ2n) is 6.95. The quantitative estimate of drug-likeness (QED) is 0.866. The summed E-state index contributed by atoms with van der Waals surface area (Å²) in [4.78, 5) is 14.9. The first-order chi connectivity index (χ1) is 12.5. The van der Waals surface area contributed by atoms with Gasteiger partial charge in [-0.3, -0.25) is 4.79 Å². The summed E-state index contributed by atoms with van der Waals surface area (Å²) in [5.74, 6) is -0.155. The fourth-order valence-electron chi connectivity index (χ4n) is 3.42. The number of anilines is 1. The van der Waals surface area contributed by atoms with Crippen LogP contribution in [0.5, 0.6) is 0 Å². The van der Waals surface area contributed by atoms with Crippen molar-refractivity contribution in [2.75, 3.05) is 31.2 Å². The first-order valence-electron chi connectivity index (χ1n) is 9.27. The third-order valence-corrected chi connectivity index (χ3v) is 5.08. The molecule has 1 aliphatic rings. The van der Waals surface area contributed by atoms with Crippen molar-refractivity contribution in [3.63, 3.8) is 0 Å². The number of benzene rings is 2. The number of aliphatic hydroxyl groups is 1. The zero-order valence-corrected chi connectivity index (χ0v) is 15.6. The Morgan fingerprint density at radius 1 is 1.08 bits per heavy atom. The van der Waals surface area contributed by atoms with Crippen molar-refractivity contribution in [3.8, 4) is 0 Å². The molecule has 26 heavy (non-hydrogen) atoms. The van der Waals surface area contributed by atoms with Crippen LogP contribution in [0.15, 0.2) is 48.5 Å². The smallest absolute Gasteiger partial charge is 0.168 e. The molecule has 4 nitrogen and oxygen atoms in total. The van der Waals surface area contributed by atoms with E-state index in [0.717, 1.165) is 43.1 Å². The molecule has 0 radical (unpaired) electrons. The summed E-state index contributed by atoms with van der Waals surface area (Å²) in [5.41, 5.74) is 2.37. The maximum Gasteiger partial charge on any atom is 0.168 e. The highest BCUT2D eigenvalue weighted by Gasteiger charge is 2.36. The van der Waals surface area contributed by atoms with Crippen molar-refractivity contribution in [1.29, 1.82) is 0 Å². The molecule has 1 heterocycles. The van der Waals surface area contributed by atoms with Crippen LogP contribution in [0, 0.1) is 6.92 Å². The number of Topliss-reactive ketones (excluding diaryl/α,β-unsaturated/α-hetero) is 1. The molecule has 138 valence electrons. The molecule has 4 heteroatoms. The minimum absolute atomic E-state index is 0.155. The van der Waals surface area contributed by atoms with Gasteiger partial charge in [0, 0.05) is 31.6 Å². The molecule has 2 aromatic rings. The molecule has 1 N–H and O–H groups in total. The van der Waals surface area contributed by atoms with Crippen LogP contribution in [0.1, 0.15) is 30.0 Å². The van der Waals surface area contributed by atoms with Crippen LogP contribution in [0.25, 0.3) is 0 Å². The first-order valence-corrected chi connectivity index (χ1v) is 9.27. The molecule has 1 saturated heterocycles. The minimum atomic E-state index is -1.49. The van der Waals surface area contributed by atoms with E-state index in [4.69, 9.17) is 4.74 Å². The maximum absolute atomic E-state index is 12.6. The zero-order valence-electron chi connectivity index (χ0n) is 15.6. The lowest BCUT2D eigenvalue weighted by molar-refractivity contribution is -0.138. The summed E-state index contributed by atoms with van der Waals surface area (Å²) in [5, 5.41) is 11.3. The molecule has 0 spiro atoms. The molecule has 3 rings (SSSR count). The number of hydrogen-bond donors (Lipinski definition) is 1. The van der Waals surface area contributed by atoms with E-state index in [2.05, 4.69) is 4.90 Å². The van der Waals surface area contributed by atoms with Gasteiger partial charge < -0.3 is 14.7 Å². The van der Waals surface area contributed by atoms with Gasteiger partial charge in [0.25, 0.3) is 0 Å². The van der Waals surface area contributed by atoms with Crippen molar-refractivity contribution in [2.24, 2.45) is 0 Å². The monoisotopic (exact) mass is 353 g/mol. The van der Waals surface area contributed by atoms with E-state index in [-0.39, 0.29) is 12.2 Å². The first kappa shape index (κ1) is 18.6. The van der Waals surface area contributed by atoms with Gasteiger partial charge in [0.2, 0.25) is 0 Å². The predicted octanol–water partition coefficient (Wildman–Crippen LogP) is 3.24. The summed E-state index contributed by atoms with van der Waals surface area (Å²) < 4.78 is 5.39. The van der Waals surface area contributed by atoms with Crippen LogP contribution in [0.3, 0.4) is 0 Å². The number of carbonyl (C=O) groups is 1. The fourth-order valence-corrected chi connectivity index (χ4v) is 3.42. The van der Waals surface area contributed by atoms with E-state index >= 15 is 0 Å². The summed E-state index contributed by atoms with van der Waals surface area (Å²) in [7, 11) is 0. The topological polar surface area (TPSA) is 49.8 Å². The standard InChI is InChI=1S/C22H27NO3/c1-3-21(24)22(25,16-18-6-4-17(2)5-7-18)19-8-10-20(11-9-19)23-12-14-26-15-13-23/h4-11,25H,3,12-16H2,1-2H3. The summed E-state index contributed by atoms with van der Waals surface area (Å²) in [6.07, 6.45) is 0.588. The average Bonchev–Trinajstić information content (AvgIpc) is 2.70. The number of ether oxygens (including phenoxy) is 1. The lowest BCUT2D eigenvalue weighted by atomic mass is 9.82. The minimum Gasteiger partial charge on any atom is -0.378 e. The largest absolute Gasteiger partial charge is 0.378 e. The molecule has 2 aromatic carbocycles. The molecule has 1 aliphatic heterocycles. The van der Waals surface area contributed by atoms with Crippen molar-refractivity contribution < 1.29 is 14.6 Å². The van der Waals surface area contributed by atoms with Gasteiger partial charge in [0.15, 0.2) is 11.4 Å². The number of nitrogens with zero attached hydrogens (tertiary/aromatic N) is 1. The summed E-state index contributed by atoms with van der Waals surface area (Å²) >= 11 is 0. The molecule has 1 fully saturated rings. The van der Waals surface area contributed by atoms with Gasteiger partial charge in [-0.15, -0.1) is 0 Å². The number of hydrogen-bond acceptors (Lipinski definition) is 4. The Hall–Kier alpha value is -2.17. The van der Waals surface area contributed by atoms with Crippen molar-refractivity contribution in [3.05, 3.63) is 65.2 Å². The van der Waals surface area contributed by atoms with E-state index in [0.29, 0.717) is 12.0 Å². The van der Waals surface area contributed by atoms with Crippen molar-refractivity contribution in [1.82, 2.24) is 0 Å². The van der Waals surface area contributed by atoms with Crippen molar-refractivity contribution in [2.45, 2.75) is 32.3 Å². The number of aryl methyl sites for hydroxylation is 1. The summed E-state index contributed by atoms with van der Waals surface area (Å²) in [6, 6.07) is 15.7. The average molecular weight is 353 g/mol. The fraction of sp³-hybridized carbons (Fsp3) is 0.409. The van der Waals surface area contributed by atoms with Gasteiger partial charge in [-0.2, -0.15) is 0 Å². The Kier molecular flexibility index (Phi) is 5.74. The number of ketones is 1. The van der Waals surface area contributed by atoms with Crippen LogP contribution in [0.2, 0.25) is 0 Å². The van der Waals surface area contributed by atoms with Crippen LogP contribution in [-0.2, 0) is 21.6 Å². The van der Waals surface area contributed by atoms with Gasteiger partial charge in [-0.1, -0.05) is 48.9 Å². The van der Waals surface area contributed by atoms with Gasteiger partial charge >= 0.3 is 0 Å². The number of morpholine rings is 1. The van der Waals surface area contributed by atoms with E-state index in [1.807, 2.05) is 55.5 Å². The van der Waals surface area contributed by atoms with E-state index in [9.17, 15) is 9.90 Å². The van der Waals surface area contributed by atoms with E-state index in [1.165, 1.54) is 0 Å². The normalized spacial score (nSPS) is 17.0. The number of carbonyl (C=O) groups excluding carboxylic acids is 1. The highest BCUT2D eigenvalue weighted by Crippen LogP contribution is 2.30. The molecule has 0 bridgehead atoms. The molecule has 0 saturated carbocycles. The van der Waals surface area contributed by atoms with Crippen LogP contribution >= 0.6 is 0 Å². The predicted molar refractivity (Wildman–Crippen MR) is 104 cm³/mol. The zero-order chi connectivity index (χ0) is 18.6. The third kappa shape index (κ3) is 3.97.